The van der Waals surface area contributed by atoms with Crippen LogP contribution in [-0.4, -0.2) is 36.8 Å². The third-order valence-corrected chi connectivity index (χ3v) is 2.80. The van der Waals surface area contributed by atoms with Crippen molar-refractivity contribution in [3.05, 3.63) is 18.0 Å². The van der Waals surface area contributed by atoms with Gasteiger partial charge in [0.05, 0.1) is 18.0 Å². The van der Waals surface area contributed by atoms with E-state index in [1.807, 2.05) is 0 Å². The van der Waals surface area contributed by atoms with Crippen LogP contribution in [0.5, 0.6) is 5.75 Å². The zero-order chi connectivity index (χ0) is 13.3. The van der Waals surface area contributed by atoms with E-state index in [-0.39, 0.29) is 23.2 Å². The van der Waals surface area contributed by atoms with Gasteiger partial charge in [0, 0.05) is 6.20 Å². The molecule has 0 aromatic carbocycles. The van der Waals surface area contributed by atoms with Gasteiger partial charge in [0.2, 0.25) is 10.0 Å². The summed E-state index contributed by atoms with van der Waals surface area (Å²) in [7, 11) is -3.51. The maximum atomic E-state index is 11.2. The standard InChI is InChI=1S/C10H12N2O5S/c1-18(15,16)12-7-4-5-11-8(10(13)14)9(7)17-6-2-3-6/h4-6H,2-3H2,1H3,(H,11,12)(H,13,14). The minimum Gasteiger partial charge on any atom is -0.486 e. The van der Waals surface area contributed by atoms with Gasteiger partial charge in [0.25, 0.3) is 0 Å². The van der Waals surface area contributed by atoms with Crippen LogP contribution in [0.3, 0.4) is 0 Å². The summed E-state index contributed by atoms with van der Waals surface area (Å²) in [4.78, 5) is 14.7. The van der Waals surface area contributed by atoms with Gasteiger partial charge in [0.15, 0.2) is 11.4 Å². The van der Waals surface area contributed by atoms with Crippen LogP contribution < -0.4 is 9.46 Å². The first kappa shape index (κ1) is 12.6. The van der Waals surface area contributed by atoms with E-state index in [1.54, 1.807) is 0 Å². The maximum Gasteiger partial charge on any atom is 0.358 e. The SMILES string of the molecule is CS(=O)(=O)Nc1ccnc(C(=O)O)c1OC1CC1. The highest BCUT2D eigenvalue weighted by Crippen LogP contribution is 2.34. The summed E-state index contributed by atoms with van der Waals surface area (Å²) < 4.78 is 30.0. The van der Waals surface area contributed by atoms with Crippen LogP contribution in [0.2, 0.25) is 0 Å². The molecule has 0 bridgehead atoms. The molecule has 1 heterocycles. The van der Waals surface area contributed by atoms with E-state index >= 15 is 0 Å². The molecule has 0 unspecified atom stereocenters. The lowest BCUT2D eigenvalue weighted by Crippen LogP contribution is -2.14. The average molecular weight is 272 g/mol. The Morgan fingerprint density at radius 3 is 2.72 bits per heavy atom. The van der Waals surface area contributed by atoms with Crippen LogP contribution in [0.25, 0.3) is 0 Å². The minimum atomic E-state index is -3.51. The van der Waals surface area contributed by atoms with Crippen LogP contribution in [-0.2, 0) is 10.0 Å². The summed E-state index contributed by atoms with van der Waals surface area (Å²) in [6.07, 6.45) is 3.79. The Bertz CT molecular complexity index is 580. The number of anilines is 1. The molecule has 1 fully saturated rings. The fraction of sp³-hybridized carbons (Fsp3) is 0.400. The second kappa shape index (κ2) is 4.45. The molecule has 0 radical (unpaired) electrons. The molecule has 7 nitrogen and oxygen atoms in total. The van der Waals surface area contributed by atoms with Gasteiger partial charge >= 0.3 is 5.97 Å². The van der Waals surface area contributed by atoms with Crippen molar-refractivity contribution in [1.82, 2.24) is 4.98 Å². The molecule has 18 heavy (non-hydrogen) atoms. The Morgan fingerprint density at radius 2 is 2.22 bits per heavy atom. The van der Waals surface area contributed by atoms with Crippen LogP contribution >= 0.6 is 0 Å². The summed E-state index contributed by atoms with van der Waals surface area (Å²) in [5.41, 5.74) is -0.202. The molecule has 98 valence electrons. The lowest BCUT2D eigenvalue weighted by molar-refractivity contribution is 0.0685. The first-order chi connectivity index (χ1) is 8.37. The highest BCUT2D eigenvalue weighted by molar-refractivity contribution is 7.92. The highest BCUT2D eigenvalue weighted by atomic mass is 32.2. The molecule has 1 aromatic rings. The average Bonchev–Trinajstić information content (AvgIpc) is 3.01. The van der Waals surface area contributed by atoms with Crippen molar-refractivity contribution in [3.8, 4) is 5.75 Å². The molecule has 0 atom stereocenters. The molecule has 1 aliphatic rings. The number of rotatable bonds is 5. The molecule has 1 saturated carbocycles. The predicted molar refractivity (Wildman–Crippen MR) is 63.3 cm³/mol. The normalized spacial score (nSPS) is 15.2. The highest BCUT2D eigenvalue weighted by Gasteiger charge is 2.28. The molecular formula is C10H12N2O5S. The Morgan fingerprint density at radius 1 is 1.56 bits per heavy atom. The van der Waals surface area contributed by atoms with Gasteiger partial charge in [-0.2, -0.15) is 0 Å². The third-order valence-electron chi connectivity index (χ3n) is 2.21. The van der Waals surface area contributed by atoms with Gasteiger partial charge < -0.3 is 9.84 Å². The summed E-state index contributed by atoms with van der Waals surface area (Å²) in [5, 5.41) is 9.00. The van der Waals surface area contributed by atoms with E-state index in [0.29, 0.717) is 0 Å². The molecule has 1 aliphatic carbocycles. The lowest BCUT2D eigenvalue weighted by atomic mass is 10.3. The number of hydrogen-bond acceptors (Lipinski definition) is 5. The van der Waals surface area contributed by atoms with E-state index in [1.165, 1.54) is 12.3 Å². The van der Waals surface area contributed by atoms with Crippen molar-refractivity contribution >= 4 is 21.7 Å². The monoisotopic (exact) mass is 272 g/mol. The van der Waals surface area contributed by atoms with E-state index in [2.05, 4.69) is 9.71 Å². The van der Waals surface area contributed by atoms with E-state index in [9.17, 15) is 13.2 Å². The van der Waals surface area contributed by atoms with Crippen molar-refractivity contribution in [3.63, 3.8) is 0 Å². The number of ether oxygens (including phenoxy) is 1. The molecule has 8 heteroatoms. The van der Waals surface area contributed by atoms with Crippen molar-refractivity contribution in [2.75, 3.05) is 11.0 Å². The van der Waals surface area contributed by atoms with Crippen molar-refractivity contribution in [1.29, 1.82) is 0 Å². The fourth-order valence-corrected chi connectivity index (χ4v) is 1.91. The summed E-state index contributed by atoms with van der Waals surface area (Å²) >= 11 is 0. The molecule has 1 aromatic heterocycles. The van der Waals surface area contributed by atoms with Gasteiger partial charge in [-0.1, -0.05) is 0 Å². The zero-order valence-electron chi connectivity index (χ0n) is 9.58. The van der Waals surface area contributed by atoms with Gasteiger partial charge in [0.1, 0.15) is 0 Å². The van der Waals surface area contributed by atoms with Gasteiger partial charge in [-0.25, -0.2) is 18.2 Å². The molecule has 2 rings (SSSR count). The van der Waals surface area contributed by atoms with Crippen LogP contribution in [0.4, 0.5) is 5.69 Å². The number of sulfonamides is 1. The fourth-order valence-electron chi connectivity index (χ4n) is 1.35. The Labute approximate surface area is 104 Å². The van der Waals surface area contributed by atoms with Crippen molar-refractivity contribution in [2.45, 2.75) is 18.9 Å². The maximum absolute atomic E-state index is 11.2. The Kier molecular flexibility index (Phi) is 3.12. The van der Waals surface area contributed by atoms with Gasteiger partial charge in [-0.15, -0.1) is 0 Å². The van der Waals surface area contributed by atoms with E-state index < -0.39 is 16.0 Å². The van der Waals surface area contributed by atoms with E-state index in [4.69, 9.17) is 9.84 Å². The first-order valence-electron chi connectivity index (χ1n) is 5.23. The van der Waals surface area contributed by atoms with Crippen LogP contribution in [0.15, 0.2) is 12.3 Å². The molecular weight excluding hydrogens is 260 g/mol. The lowest BCUT2D eigenvalue weighted by Gasteiger charge is -2.13. The zero-order valence-corrected chi connectivity index (χ0v) is 10.4. The first-order valence-corrected chi connectivity index (χ1v) is 7.12. The van der Waals surface area contributed by atoms with Crippen molar-refractivity contribution in [2.24, 2.45) is 0 Å². The van der Waals surface area contributed by atoms with E-state index in [0.717, 1.165) is 19.1 Å². The summed E-state index contributed by atoms with van der Waals surface area (Å²) in [5.74, 6) is -1.29. The van der Waals surface area contributed by atoms with Crippen molar-refractivity contribution < 1.29 is 23.1 Å². The number of carboxylic acids is 1. The largest absolute Gasteiger partial charge is 0.486 e. The number of aromatic carboxylic acids is 1. The predicted octanol–water partition coefficient (Wildman–Crippen LogP) is 0.692. The van der Waals surface area contributed by atoms with Gasteiger partial charge in [-0.3, -0.25) is 4.72 Å². The molecule has 0 spiro atoms. The Balaban J connectivity index is 2.42. The second-order valence-electron chi connectivity index (χ2n) is 4.03. The second-order valence-corrected chi connectivity index (χ2v) is 5.78. The number of nitrogens with zero attached hydrogens (tertiary/aromatic N) is 1. The smallest absolute Gasteiger partial charge is 0.358 e. The topological polar surface area (TPSA) is 106 Å². The minimum absolute atomic E-state index is 0.0297. The number of aromatic nitrogens is 1. The number of nitrogens with one attached hydrogen (secondary N) is 1. The molecule has 0 aliphatic heterocycles. The number of carboxylic acid groups (broad SMARTS) is 1. The number of pyridine rings is 1. The van der Waals surface area contributed by atoms with Gasteiger partial charge in [-0.05, 0) is 18.9 Å². The number of hydrogen-bond donors (Lipinski definition) is 2. The number of carbonyl (C=O) groups is 1. The molecule has 0 saturated heterocycles. The van der Waals surface area contributed by atoms with Crippen LogP contribution in [0, 0.1) is 0 Å². The summed E-state index contributed by atoms with van der Waals surface area (Å²) in [6, 6.07) is 1.37. The van der Waals surface area contributed by atoms with Crippen LogP contribution in [0.1, 0.15) is 23.3 Å². The quantitative estimate of drug-likeness (QED) is 0.817. The summed E-state index contributed by atoms with van der Waals surface area (Å²) in [6.45, 7) is 0. The third kappa shape index (κ3) is 3.10. The molecule has 0 amide bonds. The molecule has 2 N–H and O–H groups in total. The Hall–Kier alpha value is -1.83.